The number of nitriles is 1. The van der Waals surface area contributed by atoms with Crippen molar-refractivity contribution in [1.29, 1.82) is 5.26 Å². The molecule has 2 N–H and O–H groups in total. The summed E-state index contributed by atoms with van der Waals surface area (Å²) in [7, 11) is 0. The second kappa shape index (κ2) is 6.27. The first-order valence-corrected chi connectivity index (χ1v) is 7.29. The average Bonchev–Trinajstić information content (AvgIpc) is 2.48. The number of carbonyl (C=O) groups excluding carboxylic acids is 1. The van der Waals surface area contributed by atoms with Gasteiger partial charge in [0.15, 0.2) is 0 Å². The standard InChI is InChI=1S/C17H16N4O/c18-10-13-4-1-2-7-15(13)21-16-9-8-14(11-19-16)20-17(22)12-5-3-6-12/h1-2,4,7-9,11-12H,3,5-6H2,(H,19,21)(H,20,22). The van der Waals surface area contributed by atoms with Gasteiger partial charge in [-0.05, 0) is 37.1 Å². The molecule has 22 heavy (non-hydrogen) atoms. The highest BCUT2D eigenvalue weighted by atomic mass is 16.1. The molecule has 110 valence electrons. The van der Waals surface area contributed by atoms with Crippen molar-refractivity contribution in [3.05, 3.63) is 48.2 Å². The number of anilines is 3. The molecule has 1 heterocycles. The Morgan fingerprint density at radius 1 is 1.23 bits per heavy atom. The van der Waals surface area contributed by atoms with Crippen molar-refractivity contribution in [3.63, 3.8) is 0 Å². The molecule has 0 saturated heterocycles. The quantitative estimate of drug-likeness (QED) is 0.905. The second-order valence-corrected chi connectivity index (χ2v) is 5.33. The van der Waals surface area contributed by atoms with Gasteiger partial charge in [0.05, 0.1) is 23.1 Å². The third-order valence-electron chi connectivity index (χ3n) is 3.82. The molecule has 0 bridgehead atoms. The predicted octanol–water partition coefficient (Wildman–Crippen LogP) is 3.44. The van der Waals surface area contributed by atoms with Crippen LogP contribution in [0.15, 0.2) is 42.6 Å². The molecular formula is C17H16N4O. The van der Waals surface area contributed by atoms with Crippen LogP contribution in [-0.2, 0) is 4.79 Å². The third kappa shape index (κ3) is 3.07. The molecule has 0 unspecified atom stereocenters. The number of nitrogens with one attached hydrogen (secondary N) is 2. The lowest BCUT2D eigenvalue weighted by Gasteiger charge is -2.23. The Balaban J connectivity index is 1.66. The number of nitrogens with zero attached hydrogens (tertiary/aromatic N) is 2. The van der Waals surface area contributed by atoms with Crippen molar-refractivity contribution < 1.29 is 4.79 Å². The highest BCUT2D eigenvalue weighted by Gasteiger charge is 2.25. The molecule has 1 aromatic carbocycles. The van der Waals surface area contributed by atoms with E-state index in [2.05, 4.69) is 21.7 Å². The normalized spacial score (nSPS) is 13.8. The van der Waals surface area contributed by atoms with E-state index >= 15 is 0 Å². The Hall–Kier alpha value is -2.87. The highest BCUT2D eigenvalue weighted by molar-refractivity contribution is 5.92. The van der Waals surface area contributed by atoms with E-state index in [0.29, 0.717) is 22.8 Å². The van der Waals surface area contributed by atoms with E-state index in [1.807, 2.05) is 18.2 Å². The lowest BCUT2D eigenvalue weighted by Crippen LogP contribution is -2.28. The van der Waals surface area contributed by atoms with Gasteiger partial charge < -0.3 is 10.6 Å². The van der Waals surface area contributed by atoms with Gasteiger partial charge in [-0.1, -0.05) is 18.6 Å². The molecule has 3 rings (SSSR count). The lowest BCUT2D eigenvalue weighted by molar-refractivity contribution is -0.122. The first-order chi connectivity index (χ1) is 10.8. The number of aromatic nitrogens is 1. The van der Waals surface area contributed by atoms with Crippen LogP contribution in [0, 0.1) is 17.2 Å². The molecule has 0 radical (unpaired) electrons. The van der Waals surface area contributed by atoms with Crippen LogP contribution in [0.5, 0.6) is 0 Å². The molecule has 1 saturated carbocycles. The van der Waals surface area contributed by atoms with Crippen LogP contribution in [0.2, 0.25) is 0 Å². The summed E-state index contributed by atoms with van der Waals surface area (Å²) in [5.41, 5.74) is 1.96. The minimum atomic E-state index is 0.0728. The van der Waals surface area contributed by atoms with Crippen LogP contribution < -0.4 is 10.6 Å². The highest BCUT2D eigenvalue weighted by Crippen LogP contribution is 2.27. The first kappa shape index (κ1) is 14.1. The molecule has 1 amide bonds. The van der Waals surface area contributed by atoms with Gasteiger partial charge in [-0.15, -0.1) is 0 Å². The Kier molecular flexibility index (Phi) is 4.01. The van der Waals surface area contributed by atoms with Crippen molar-refractivity contribution in [2.24, 2.45) is 5.92 Å². The minimum absolute atomic E-state index is 0.0728. The minimum Gasteiger partial charge on any atom is -0.339 e. The summed E-state index contributed by atoms with van der Waals surface area (Å²) in [6, 6.07) is 13.0. The van der Waals surface area contributed by atoms with Gasteiger partial charge in [-0.3, -0.25) is 4.79 Å². The third-order valence-corrected chi connectivity index (χ3v) is 3.82. The Morgan fingerprint density at radius 2 is 2.05 bits per heavy atom. The molecule has 5 heteroatoms. The fourth-order valence-electron chi connectivity index (χ4n) is 2.28. The number of para-hydroxylation sites is 1. The molecule has 1 aromatic heterocycles. The van der Waals surface area contributed by atoms with Crippen molar-refractivity contribution in [2.75, 3.05) is 10.6 Å². The van der Waals surface area contributed by atoms with E-state index < -0.39 is 0 Å². The van der Waals surface area contributed by atoms with Crippen molar-refractivity contribution in [3.8, 4) is 6.07 Å². The summed E-state index contributed by atoms with van der Waals surface area (Å²) in [5.74, 6) is 0.855. The largest absolute Gasteiger partial charge is 0.339 e. The van der Waals surface area contributed by atoms with Crippen LogP contribution >= 0.6 is 0 Å². The molecule has 0 aliphatic heterocycles. The van der Waals surface area contributed by atoms with Crippen LogP contribution in [0.25, 0.3) is 0 Å². The maximum absolute atomic E-state index is 11.9. The maximum Gasteiger partial charge on any atom is 0.227 e. The van der Waals surface area contributed by atoms with Crippen molar-refractivity contribution >= 4 is 23.1 Å². The summed E-state index contributed by atoms with van der Waals surface area (Å²) in [4.78, 5) is 16.1. The van der Waals surface area contributed by atoms with Gasteiger partial charge >= 0.3 is 0 Å². The SMILES string of the molecule is N#Cc1ccccc1Nc1ccc(NC(=O)C2CCC2)cn1. The number of amides is 1. The molecule has 1 aliphatic carbocycles. The maximum atomic E-state index is 11.9. The second-order valence-electron chi connectivity index (χ2n) is 5.33. The number of carbonyl (C=O) groups is 1. The zero-order valence-electron chi connectivity index (χ0n) is 12.0. The molecule has 0 spiro atoms. The Bertz CT molecular complexity index is 714. The monoisotopic (exact) mass is 292 g/mol. The topological polar surface area (TPSA) is 77.8 Å². The number of hydrogen-bond donors (Lipinski definition) is 2. The number of pyridine rings is 1. The molecule has 5 nitrogen and oxygen atoms in total. The zero-order valence-corrected chi connectivity index (χ0v) is 12.0. The van der Waals surface area contributed by atoms with Crippen LogP contribution in [0.1, 0.15) is 24.8 Å². The summed E-state index contributed by atoms with van der Waals surface area (Å²) in [6.45, 7) is 0. The molecule has 1 aliphatic rings. The zero-order chi connectivity index (χ0) is 15.4. The van der Waals surface area contributed by atoms with Crippen molar-refractivity contribution in [2.45, 2.75) is 19.3 Å². The van der Waals surface area contributed by atoms with Crippen LogP contribution in [0.3, 0.4) is 0 Å². The fourth-order valence-corrected chi connectivity index (χ4v) is 2.28. The smallest absolute Gasteiger partial charge is 0.227 e. The van der Waals surface area contributed by atoms with Crippen LogP contribution in [0.4, 0.5) is 17.2 Å². The summed E-state index contributed by atoms with van der Waals surface area (Å²) < 4.78 is 0. The van der Waals surface area contributed by atoms with Crippen LogP contribution in [-0.4, -0.2) is 10.9 Å². The number of benzene rings is 1. The van der Waals surface area contributed by atoms with Gasteiger partial charge in [0.1, 0.15) is 11.9 Å². The van der Waals surface area contributed by atoms with Gasteiger partial charge in [0.25, 0.3) is 0 Å². The van der Waals surface area contributed by atoms with E-state index in [4.69, 9.17) is 5.26 Å². The van der Waals surface area contributed by atoms with Gasteiger partial charge in [0.2, 0.25) is 5.91 Å². The Labute approximate surface area is 129 Å². The summed E-state index contributed by atoms with van der Waals surface area (Å²) in [6.07, 6.45) is 4.71. The van der Waals surface area contributed by atoms with E-state index in [-0.39, 0.29) is 11.8 Å². The predicted molar refractivity (Wildman–Crippen MR) is 84.6 cm³/mol. The number of rotatable bonds is 4. The molecule has 0 atom stereocenters. The average molecular weight is 292 g/mol. The van der Waals surface area contributed by atoms with Gasteiger partial charge in [-0.2, -0.15) is 5.26 Å². The molecular weight excluding hydrogens is 276 g/mol. The van der Waals surface area contributed by atoms with Gasteiger partial charge in [-0.25, -0.2) is 4.98 Å². The Morgan fingerprint density at radius 3 is 2.68 bits per heavy atom. The van der Waals surface area contributed by atoms with E-state index in [1.165, 1.54) is 0 Å². The summed E-state index contributed by atoms with van der Waals surface area (Å²) >= 11 is 0. The molecule has 2 aromatic rings. The number of hydrogen-bond acceptors (Lipinski definition) is 4. The summed E-state index contributed by atoms with van der Waals surface area (Å²) in [5, 5.41) is 15.0. The van der Waals surface area contributed by atoms with E-state index in [9.17, 15) is 4.79 Å². The van der Waals surface area contributed by atoms with E-state index in [0.717, 1.165) is 19.3 Å². The van der Waals surface area contributed by atoms with E-state index in [1.54, 1.807) is 24.4 Å². The van der Waals surface area contributed by atoms with Crippen molar-refractivity contribution in [1.82, 2.24) is 4.98 Å². The lowest BCUT2D eigenvalue weighted by atomic mass is 9.85. The fraction of sp³-hybridized carbons (Fsp3) is 0.235. The van der Waals surface area contributed by atoms with Gasteiger partial charge in [0, 0.05) is 5.92 Å². The first-order valence-electron chi connectivity index (χ1n) is 7.29. The molecule has 1 fully saturated rings.